The van der Waals surface area contributed by atoms with E-state index in [0.29, 0.717) is 10.6 Å². The smallest absolute Gasteiger partial charge is 0.266 e. The largest absolute Gasteiger partial charge is 0.397 e. The second kappa shape index (κ2) is 6.14. The number of amides is 1. The summed E-state index contributed by atoms with van der Waals surface area (Å²) < 4.78 is 2.04. The summed E-state index contributed by atoms with van der Waals surface area (Å²) in [5.41, 5.74) is 6.77. The molecule has 1 heterocycles. The van der Waals surface area contributed by atoms with Crippen molar-refractivity contribution in [1.82, 2.24) is 4.90 Å². The van der Waals surface area contributed by atoms with E-state index >= 15 is 0 Å². The first-order chi connectivity index (χ1) is 9.45. The molecule has 1 amide bonds. The molecule has 0 aliphatic rings. The Bertz CT molecular complexity index is 636. The molecule has 20 heavy (non-hydrogen) atoms. The molecule has 0 aliphatic heterocycles. The lowest BCUT2D eigenvalue weighted by molar-refractivity contribution is 0.0712. The Balaban J connectivity index is 2.46. The van der Waals surface area contributed by atoms with Gasteiger partial charge in [-0.25, -0.2) is 0 Å². The predicted molar refractivity (Wildman–Crippen MR) is 90.4 cm³/mol. The topological polar surface area (TPSA) is 46.3 Å². The van der Waals surface area contributed by atoms with Crippen molar-refractivity contribution in [3.05, 3.63) is 27.5 Å². The molecule has 2 N–H and O–H groups in total. The van der Waals surface area contributed by atoms with E-state index in [1.165, 1.54) is 11.3 Å². The third-order valence-corrected chi connectivity index (χ3v) is 4.88. The number of nitrogens with zero attached hydrogens (tertiary/aromatic N) is 1. The van der Waals surface area contributed by atoms with Gasteiger partial charge in [-0.3, -0.25) is 4.79 Å². The molecule has 0 saturated heterocycles. The first-order valence-corrected chi connectivity index (χ1v) is 8.35. The molecule has 5 heteroatoms. The maximum atomic E-state index is 12.7. The van der Waals surface area contributed by atoms with Crippen LogP contribution in [-0.2, 0) is 0 Å². The Kier molecular flexibility index (Phi) is 4.70. The lowest BCUT2D eigenvalue weighted by atomic mass is 10.2. The molecule has 0 radical (unpaired) electrons. The van der Waals surface area contributed by atoms with Gasteiger partial charge in [0.15, 0.2) is 0 Å². The Labute approximate surface area is 131 Å². The van der Waals surface area contributed by atoms with Crippen LogP contribution in [0, 0.1) is 0 Å². The molecule has 0 atom stereocenters. The summed E-state index contributed by atoms with van der Waals surface area (Å²) in [4.78, 5) is 15.2. The van der Waals surface area contributed by atoms with Crippen LogP contribution in [0.1, 0.15) is 36.9 Å². The number of anilines is 1. The zero-order valence-electron chi connectivity index (χ0n) is 11.9. The van der Waals surface area contributed by atoms with Gasteiger partial charge in [0.05, 0.1) is 5.69 Å². The van der Waals surface area contributed by atoms with Crippen LogP contribution >= 0.6 is 27.3 Å². The average molecular weight is 355 g/mol. The van der Waals surface area contributed by atoms with Crippen molar-refractivity contribution in [2.75, 3.05) is 12.3 Å². The number of nitrogens with two attached hydrogens (primary N) is 1. The van der Waals surface area contributed by atoms with Crippen molar-refractivity contribution in [2.24, 2.45) is 0 Å². The van der Waals surface area contributed by atoms with Gasteiger partial charge in [0.1, 0.15) is 4.88 Å². The third kappa shape index (κ3) is 2.83. The van der Waals surface area contributed by atoms with Gasteiger partial charge >= 0.3 is 0 Å². The molecule has 0 bridgehead atoms. The highest BCUT2D eigenvalue weighted by atomic mass is 79.9. The average Bonchev–Trinajstić information content (AvgIpc) is 2.71. The molecule has 3 nitrogen and oxygen atoms in total. The van der Waals surface area contributed by atoms with Gasteiger partial charge in [-0.15, -0.1) is 11.3 Å². The van der Waals surface area contributed by atoms with Gasteiger partial charge in [-0.2, -0.15) is 0 Å². The molecule has 1 aromatic heterocycles. The summed E-state index contributed by atoms with van der Waals surface area (Å²) in [5.74, 6) is 0.0386. The van der Waals surface area contributed by atoms with Crippen LogP contribution in [0.15, 0.2) is 22.7 Å². The Hall–Kier alpha value is -1.07. The molecular weight excluding hydrogens is 336 g/mol. The quantitative estimate of drug-likeness (QED) is 0.877. The van der Waals surface area contributed by atoms with E-state index in [0.717, 1.165) is 27.5 Å². The third-order valence-electron chi connectivity index (χ3n) is 3.23. The fourth-order valence-electron chi connectivity index (χ4n) is 2.21. The second-order valence-corrected chi connectivity index (χ2v) is 7.05. The molecule has 2 rings (SSSR count). The van der Waals surface area contributed by atoms with Gasteiger partial charge in [0.2, 0.25) is 0 Å². The SMILES string of the molecule is CCCN(C(=O)c1sc2cc(Br)ccc2c1N)C(C)C. The summed E-state index contributed by atoms with van der Waals surface area (Å²) in [5, 5.41) is 0.960. The van der Waals surface area contributed by atoms with Gasteiger partial charge in [0, 0.05) is 27.1 Å². The normalized spacial score (nSPS) is 11.2. The number of hydrogen-bond acceptors (Lipinski definition) is 3. The number of rotatable bonds is 4. The number of thiophene rings is 1. The van der Waals surface area contributed by atoms with E-state index in [-0.39, 0.29) is 11.9 Å². The van der Waals surface area contributed by atoms with Crippen molar-refractivity contribution in [2.45, 2.75) is 33.2 Å². The first-order valence-electron chi connectivity index (χ1n) is 6.74. The highest BCUT2D eigenvalue weighted by Gasteiger charge is 2.23. The van der Waals surface area contributed by atoms with Crippen molar-refractivity contribution in [3.63, 3.8) is 0 Å². The molecule has 2 aromatic rings. The molecule has 108 valence electrons. The van der Waals surface area contributed by atoms with E-state index in [1.807, 2.05) is 36.9 Å². The molecular formula is C15H19BrN2OS. The zero-order chi connectivity index (χ0) is 14.9. The number of carbonyl (C=O) groups is 1. The van der Waals surface area contributed by atoms with Crippen molar-refractivity contribution in [1.29, 1.82) is 0 Å². The van der Waals surface area contributed by atoms with Crippen LogP contribution < -0.4 is 5.73 Å². The van der Waals surface area contributed by atoms with Crippen LogP contribution in [0.2, 0.25) is 0 Å². The minimum atomic E-state index is 0.0386. The van der Waals surface area contributed by atoms with Crippen LogP contribution in [0.3, 0.4) is 0 Å². The van der Waals surface area contributed by atoms with E-state index in [9.17, 15) is 4.79 Å². The lowest BCUT2D eigenvalue weighted by Crippen LogP contribution is -2.37. The summed E-state index contributed by atoms with van der Waals surface area (Å²) in [7, 11) is 0. The van der Waals surface area contributed by atoms with Gasteiger partial charge in [-0.1, -0.05) is 28.9 Å². The Morgan fingerprint density at radius 1 is 1.45 bits per heavy atom. The molecule has 0 fully saturated rings. The van der Waals surface area contributed by atoms with Crippen LogP contribution in [0.4, 0.5) is 5.69 Å². The molecule has 0 aliphatic carbocycles. The number of halogens is 1. The lowest BCUT2D eigenvalue weighted by Gasteiger charge is -2.25. The van der Waals surface area contributed by atoms with Gasteiger partial charge in [-0.05, 0) is 32.4 Å². The summed E-state index contributed by atoms with van der Waals surface area (Å²) >= 11 is 4.92. The number of benzene rings is 1. The Morgan fingerprint density at radius 2 is 2.15 bits per heavy atom. The molecule has 1 aromatic carbocycles. The Morgan fingerprint density at radius 3 is 2.75 bits per heavy atom. The monoisotopic (exact) mass is 354 g/mol. The highest BCUT2D eigenvalue weighted by molar-refractivity contribution is 9.10. The maximum Gasteiger partial charge on any atom is 0.266 e. The van der Waals surface area contributed by atoms with E-state index in [1.54, 1.807) is 0 Å². The molecule has 0 spiro atoms. The minimum absolute atomic E-state index is 0.0386. The molecule has 0 unspecified atom stereocenters. The minimum Gasteiger partial charge on any atom is -0.397 e. The fraction of sp³-hybridized carbons (Fsp3) is 0.400. The van der Waals surface area contributed by atoms with Gasteiger partial charge in [0.25, 0.3) is 5.91 Å². The maximum absolute atomic E-state index is 12.7. The van der Waals surface area contributed by atoms with Crippen LogP contribution in [0.5, 0.6) is 0 Å². The van der Waals surface area contributed by atoms with Crippen LogP contribution in [0.25, 0.3) is 10.1 Å². The first kappa shape index (κ1) is 15.3. The second-order valence-electron chi connectivity index (χ2n) is 5.08. The fourth-order valence-corrected chi connectivity index (χ4v) is 3.85. The highest BCUT2D eigenvalue weighted by Crippen LogP contribution is 2.36. The van der Waals surface area contributed by atoms with Crippen molar-refractivity contribution in [3.8, 4) is 0 Å². The standard InChI is InChI=1S/C15H19BrN2OS/c1-4-7-18(9(2)3)15(19)14-13(17)11-6-5-10(16)8-12(11)20-14/h5-6,8-9H,4,7,17H2,1-3H3. The number of nitrogen functional groups attached to an aromatic ring is 1. The van der Waals surface area contributed by atoms with Crippen LogP contribution in [-0.4, -0.2) is 23.4 Å². The number of hydrogen-bond donors (Lipinski definition) is 1. The predicted octanol–water partition coefficient (Wildman–Crippen LogP) is 4.51. The molecule has 0 saturated carbocycles. The summed E-state index contributed by atoms with van der Waals surface area (Å²) in [6.45, 7) is 6.91. The van der Waals surface area contributed by atoms with Crippen molar-refractivity contribution >= 4 is 48.9 Å². The van der Waals surface area contributed by atoms with E-state index in [2.05, 4.69) is 22.9 Å². The van der Waals surface area contributed by atoms with Crippen molar-refractivity contribution < 1.29 is 4.79 Å². The van der Waals surface area contributed by atoms with E-state index < -0.39 is 0 Å². The van der Waals surface area contributed by atoms with E-state index in [4.69, 9.17) is 5.73 Å². The number of fused-ring (bicyclic) bond motifs is 1. The summed E-state index contributed by atoms with van der Waals surface area (Å²) in [6.07, 6.45) is 0.945. The zero-order valence-corrected chi connectivity index (χ0v) is 14.3. The van der Waals surface area contributed by atoms with Gasteiger partial charge < -0.3 is 10.6 Å². The summed E-state index contributed by atoms with van der Waals surface area (Å²) in [6, 6.07) is 6.10. The number of carbonyl (C=O) groups excluding carboxylic acids is 1.